The van der Waals surface area contributed by atoms with Gasteiger partial charge in [-0.1, -0.05) is 19.9 Å². The molecule has 1 fully saturated rings. The first kappa shape index (κ1) is 19.4. The van der Waals surface area contributed by atoms with Gasteiger partial charge in [-0.25, -0.2) is 13.8 Å². The Morgan fingerprint density at radius 3 is 2.70 bits per heavy atom. The van der Waals surface area contributed by atoms with Crippen molar-refractivity contribution in [2.75, 3.05) is 11.9 Å². The first-order valence-electron chi connectivity index (χ1n) is 9.66. The zero-order valence-corrected chi connectivity index (χ0v) is 16.4. The highest BCUT2D eigenvalue weighted by Gasteiger charge is 2.55. The lowest BCUT2D eigenvalue weighted by Crippen LogP contribution is -2.21. The second-order valence-corrected chi connectivity index (χ2v) is 6.95. The van der Waals surface area contributed by atoms with Crippen LogP contribution in [0.4, 0.5) is 14.6 Å². The summed E-state index contributed by atoms with van der Waals surface area (Å²) < 4.78 is 28.2. The van der Waals surface area contributed by atoms with Gasteiger partial charge in [0.05, 0.1) is 11.2 Å². The number of aryl methyl sites for hydroxylation is 1. The number of alkyl halides is 2. The largest absolute Gasteiger partial charge is 0.383 e. The van der Waals surface area contributed by atoms with Gasteiger partial charge in [-0.2, -0.15) is 0 Å². The van der Waals surface area contributed by atoms with Crippen molar-refractivity contribution in [3.8, 4) is 0 Å². The van der Waals surface area contributed by atoms with E-state index in [1.807, 2.05) is 43.7 Å². The summed E-state index contributed by atoms with van der Waals surface area (Å²) >= 11 is 0. The quantitative estimate of drug-likeness (QED) is 0.746. The van der Waals surface area contributed by atoms with Gasteiger partial charge in [0, 0.05) is 48.9 Å². The Balaban J connectivity index is 0.00000102. The van der Waals surface area contributed by atoms with Crippen LogP contribution in [0.3, 0.4) is 0 Å². The van der Waals surface area contributed by atoms with Crippen molar-refractivity contribution in [2.45, 2.75) is 53.0 Å². The van der Waals surface area contributed by atoms with Crippen molar-refractivity contribution >= 4 is 16.7 Å². The van der Waals surface area contributed by atoms with Crippen LogP contribution in [0.25, 0.3) is 10.9 Å². The maximum atomic E-state index is 13.1. The summed E-state index contributed by atoms with van der Waals surface area (Å²) in [6.07, 6.45) is 6.40. The van der Waals surface area contributed by atoms with Gasteiger partial charge in [0.1, 0.15) is 5.82 Å². The van der Waals surface area contributed by atoms with Crippen LogP contribution in [-0.2, 0) is 6.54 Å². The summed E-state index contributed by atoms with van der Waals surface area (Å²) in [7, 11) is 0. The number of hydrogen-bond donors (Lipinski definition) is 2. The molecule has 2 aliphatic rings. The minimum absolute atomic E-state index is 0.0343. The van der Waals surface area contributed by atoms with E-state index >= 15 is 0 Å². The lowest BCUT2D eigenvalue weighted by molar-refractivity contribution is 0.0961. The van der Waals surface area contributed by atoms with Crippen LogP contribution >= 0.6 is 0 Å². The number of aromatic nitrogens is 2. The van der Waals surface area contributed by atoms with Crippen molar-refractivity contribution in [2.24, 2.45) is 5.92 Å². The summed E-state index contributed by atoms with van der Waals surface area (Å²) in [5, 5.41) is 7.75. The fraction of sp³-hybridized carbons (Fsp3) is 0.476. The van der Waals surface area contributed by atoms with Crippen molar-refractivity contribution in [3.05, 3.63) is 47.6 Å². The number of halogens is 2. The SMILES string of the molecule is CC.CC1=CCNC(C)=C1Nc1nccc2c1ccn2CCC1CC1(F)F. The van der Waals surface area contributed by atoms with Crippen LogP contribution in [-0.4, -0.2) is 22.0 Å². The fourth-order valence-electron chi connectivity index (χ4n) is 3.45. The number of fused-ring (bicyclic) bond motifs is 1. The normalized spacial score (nSPS) is 20.5. The summed E-state index contributed by atoms with van der Waals surface area (Å²) in [5.74, 6) is -2.11. The molecule has 1 saturated carbocycles. The van der Waals surface area contributed by atoms with Gasteiger partial charge in [-0.3, -0.25) is 0 Å². The maximum Gasteiger partial charge on any atom is 0.251 e. The smallest absolute Gasteiger partial charge is 0.251 e. The molecule has 0 amide bonds. The van der Waals surface area contributed by atoms with Gasteiger partial charge in [0.15, 0.2) is 0 Å². The van der Waals surface area contributed by atoms with E-state index in [0.29, 0.717) is 13.0 Å². The molecule has 1 aliphatic heterocycles. The van der Waals surface area contributed by atoms with Crippen LogP contribution in [0.1, 0.15) is 40.5 Å². The molecule has 0 aromatic carbocycles. The summed E-state index contributed by atoms with van der Waals surface area (Å²) in [4.78, 5) is 4.48. The first-order valence-corrected chi connectivity index (χ1v) is 9.66. The zero-order valence-electron chi connectivity index (χ0n) is 16.4. The highest BCUT2D eigenvalue weighted by atomic mass is 19.3. The van der Waals surface area contributed by atoms with Crippen LogP contribution in [0.15, 0.2) is 47.6 Å². The molecule has 0 saturated heterocycles. The van der Waals surface area contributed by atoms with E-state index in [-0.39, 0.29) is 6.42 Å². The van der Waals surface area contributed by atoms with Gasteiger partial charge < -0.3 is 15.2 Å². The minimum Gasteiger partial charge on any atom is -0.383 e. The van der Waals surface area contributed by atoms with Crippen LogP contribution in [0.5, 0.6) is 0 Å². The molecule has 3 heterocycles. The van der Waals surface area contributed by atoms with E-state index in [2.05, 4.69) is 28.6 Å². The fourth-order valence-corrected chi connectivity index (χ4v) is 3.45. The Bertz CT molecular complexity index is 879. The molecule has 2 aromatic heterocycles. The molecular formula is C21H28F2N4. The lowest BCUT2D eigenvalue weighted by atomic mass is 10.1. The number of allylic oxidation sites excluding steroid dienone is 2. The average molecular weight is 374 g/mol. The van der Waals surface area contributed by atoms with E-state index in [4.69, 9.17) is 0 Å². The van der Waals surface area contributed by atoms with Crippen LogP contribution in [0, 0.1) is 5.92 Å². The third-order valence-corrected chi connectivity index (χ3v) is 5.16. The molecule has 6 heteroatoms. The van der Waals surface area contributed by atoms with E-state index < -0.39 is 11.8 Å². The van der Waals surface area contributed by atoms with Crippen molar-refractivity contribution < 1.29 is 8.78 Å². The highest BCUT2D eigenvalue weighted by molar-refractivity contribution is 5.91. The molecule has 146 valence electrons. The number of nitrogens with zero attached hydrogens (tertiary/aromatic N) is 2. The second kappa shape index (κ2) is 7.71. The minimum atomic E-state index is -2.45. The molecule has 2 aromatic rings. The maximum absolute atomic E-state index is 13.1. The Hall–Kier alpha value is -2.37. The first-order chi connectivity index (χ1) is 13.0. The molecular weight excluding hydrogens is 346 g/mol. The Kier molecular flexibility index (Phi) is 5.53. The third-order valence-electron chi connectivity index (χ3n) is 5.16. The van der Waals surface area contributed by atoms with E-state index in [1.54, 1.807) is 6.20 Å². The third kappa shape index (κ3) is 3.99. The summed E-state index contributed by atoms with van der Waals surface area (Å²) in [6.45, 7) is 9.56. The second-order valence-electron chi connectivity index (χ2n) is 6.95. The number of hydrogen-bond acceptors (Lipinski definition) is 3. The van der Waals surface area contributed by atoms with E-state index in [9.17, 15) is 8.78 Å². The molecule has 1 unspecified atom stereocenters. The molecule has 4 rings (SSSR count). The number of rotatable bonds is 5. The van der Waals surface area contributed by atoms with Crippen molar-refractivity contribution in [1.82, 2.24) is 14.9 Å². The van der Waals surface area contributed by atoms with Crippen molar-refractivity contribution in [1.29, 1.82) is 0 Å². The Morgan fingerprint density at radius 1 is 1.30 bits per heavy atom. The van der Waals surface area contributed by atoms with Crippen LogP contribution in [0.2, 0.25) is 0 Å². The highest BCUT2D eigenvalue weighted by Crippen LogP contribution is 2.50. The molecule has 4 nitrogen and oxygen atoms in total. The molecule has 1 aliphatic carbocycles. The summed E-state index contributed by atoms with van der Waals surface area (Å²) in [5.41, 5.74) is 4.33. The number of nitrogens with one attached hydrogen (secondary N) is 2. The van der Waals surface area contributed by atoms with Gasteiger partial charge in [0.2, 0.25) is 0 Å². The molecule has 2 N–H and O–H groups in total. The molecule has 27 heavy (non-hydrogen) atoms. The van der Waals surface area contributed by atoms with Gasteiger partial charge in [0.25, 0.3) is 5.92 Å². The number of dihydropyridines is 1. The Morgan fingerprint density at radius 2 is 2.04 bits per heavy atom. The van der Waals surface area contributed by atoms with Gasteiger partial charge in [-0.15, -0.1) is 0 Å². The zero-order chi connectivity index (χ0) is 19.6. The number of pyridine rings is 1. The molecule has 1 atom stereocenters. The average Bonchev–Trinajstić information content (AvgIpc) is 3.07. The monoisotopic (exact) mass is 374 g/mol. The topological polar surface area (TPSA) is 41.9 Å². The van der Waals surface area contributed by atoms with Gasteiger partial charge >= 0.3 is 0 Å². The van der Waals surface area contributed by atoms with E-state index in [0.717, 1.165) is 34.7 Å². The molecule has 0 bridgehead atoms. The van der Waals surface area contributed by atoms with Crippen molar-refractivity contribution in [3.63, 3.8) is 0 Å². The summed E-state index contributed by atoms with van der Waals surface area (Å²) in [6, 6.07) is 3.94. The molecule has 0 spiro atoms. The van der Waals surface area contributed by atoms with Gasteiger partial charge in [-0.05, 0) is 38.0 Å². The standard InChI is InChI=1S/C19H22F2N4.C2H6/c1-12-3-7-22-13(2)17(12)24-18-15-6-10-25(16(15)4-8-23-18)9-5-14-11-19(14,20)21;1-2/h3-4,6,8,10,14,22H,5,7,9,11H2,1-2H3,(H,23,24);1-2H3. The van der Waals surface area contributed by atoms with E-state index in [1.165, 1.54) is 5.57 Å². The number of anilines is 1. The predicted octanol–water partition coefficient (Wildman–Crippen LogP) is 5.30. The molecule has 0 radical (unpaired) electrons. The van der Waals surface area contributed by atoms with Crippen LogP contribution < -0.4 is 10.6 Å². The predicted molar refractivity (Wildman–Crippen MR) is 107 cm³/mol. The Labute approximate surface area is 159 Å². The lowest BCUT2D eigenvalue weighted by Gasteiger charge is -2.20.